The summed E-state index contributed by atoms with van der Waals surface area (Å²) in [6, 6.07) is 20.0. The average Bonchev–Trinajstić information content (AvgIpc) is 2.75. The first-order valence-corrected chi connectivity index (χ1v) is 9.35. The van der Waals surface area contributed by atoms with Crippen LogP contribution < -0.4 is 19.7 Å². The van der Waals surface area contributed by atoms with Crippen molar-refractivity contribution in [2.75, 3.05) is 22.0 Å². The number of thiol groups is 1. The van der Waals surface area contributed by atoms with Gasteiger partial charge in [0.2, 0.25) is 0 Å². The fourth-order valence-corrected chi connectivity index (χ4v) is 2.87. The van der Waals surface area contributed by atoms with Crippen LogP contribution in [0, 0.1) is 0 Å². The molecule has 0 aliphatic rings. The third-order valence-electron chi connectivity index (χ3n) is 3.99. The molecule has 0 atom stereocenters. The summed E-state index contributed by atoms with van der Waals surface area (Å²) in [4.78, 5) is 25.2. The predicted octanol–water partition coefficient (Wildman–Crippen LogP) is 5.48. The first-order valence-electron chi connectivity index (χ1n) is 8.58. The minimum atomic E-state index is -0.519. The third kappa shape index (κ3) is 5.22. The highest BCUT2D eigenvalue weighted by Crippen LogP contribution is 2.31. The Morgan fingerprint density at radius 1 is 0.931 bits per heavy atom. The molecule has 0 aliphatic carbocycles. The SMILES string of the molecule is COc1ccc(C(=O)Nc2ccccc2)cc1N(S)C(=O)Nc1ccc(Cl)cc1. The van der Waals surface area contributed by atoms with E-state index < -0.39 is 6.03 Å². The maximum atomic E-state index is 12.6. The number of nitrogens with one attached hydrogen (secondary N) is 2. The van der Waals surface area contributed by atoms with E-state index >= 15 is 0 Å². The third-order valence-corrected chi connectivity index (χ3v) is 4.64. The molecule has 3 aromatic carbocycles. The molecule has 0 aromatic heterocycles. The van der Waals surface area contributed by atoms with Gasteiger partial charge in [0.15, 0.2) is 0 Å². The largest absolute Gasteiger partial charge is 0.495 e. The number of rotatable bonds is 5. The Kier molecular flexibility index (Phi) is 6.64. The monoisotopic (exact) mass is 427 g/mol. The van der Waals surface area contributed by atoms with Crippen molar-refractivity contribution in [3.8, 4) is 5.75 Å². The van der Waals surface area contributed by atoms with E-state index in [0.717, 1.165) is 4.31 Å². The Labute approximate surface area is 179 Å². The number of carbonyl (C=O) groups excluding carboxylic acids is 2. The van der Waals surface area contributed by atoms with Crippen molar-refractivity contribution < 1.29 is 14.3 Å². The number of anilines is 3. The second-order valence-corrected chi connectivity index (χ2v) is 6.79. The van der Waals surface area contributed by atoms with E-state index in [1.165, 1.54) is 13.2 Å². The van der Waals surface area contributed by atoms with Gasteiger partial charge in [-0.2, -0.15) is 0 Å². The van der Waals surface area contributed by atoms with Crippen molar-refractivity contribution in [1.82, 2.24) is 0 Å². The number of hydrogen-bond acceptors (Lipinski definition) is 4. The number of halogens is 1. The summed E-state index contributed by atoms with van der Waals surface area (Å²) in [5.74, 6) is 0.0717. The molecule has 0 aliphatic heterocycles. The molecule has 0 fully saturated rings. The van der Waals surface area contributed by atoms with E-state index in [1.54, 1.807) is 48.5 Å². The van der Waals surface area contributed by atoms with E-state index in [1.807, 2.05) is 18.2 Å². The van der Waals surface area contributed by atoms with Gasteiger partial charge < -0.3 is 15.4 Å². The normalized spacial score (nSPS) is 10.2. The molecule has 0 bridgehead atoms. The fraction of sp³-hybridized carbons (Fsp3) is 0.0476. The van der Waals surface area contributed by atoms with Gasteiger partial charge in [0, 0.05) is 22.0 Å². The standard InChI is InChI=1S/C21H18ClN3O3S/c1-28-19-12-7-14(20(26)23-16-5-3-2-4-6-16)13-18(19)25(29)21(27)24-17-10-8-15(22)9-11-17/h2-13,29H,1H3,(H,23,26)(H,24,27). The van der Waals surface area contributed by atoms with Gasteiger partial charge in [0.1, 0.15) is 5.75 Å². The van der Waals surface area contributed by atoms with Crippen molar-refractivity contribution in [1.29, 1.82) is 0 Å². The van der Waals surface area contributed by atoms with Crippen LogP contribution in [-0.2, 0) is 0 Å². The van der Waals surface area contributed by atoms with E-state index in [9.17, 15) is 9.59 Å². The molecule has 148 valence electrons. The van der Waals surface area contributed by atoms with E-state index in [4.69, 9.17) is 16.3 Å². The maximum Gasteiger partial charge on any atom is 0.336 e. The summed E-state index contributed by atoms with van der Waals surface area (Å²) in [5.41, 5.74) is 1.89. The number of carbonyl (C=O) groups is 2. The van der Waals surface area contributed by atoms with Gasteiger partial charge in [-0.05, 0) is 54.6 Å². The molecule has 0 spiro atoms. The number of methoxy groups -OCH3 is 1. The molecule has 0 heterocycles. The molecule has 3 rings (SSSR count). The number of urea groups is 1. The number of ether oxygens (including phenoxy) is 1. The van der Waals surface area contributed by atoms with Gasteiger partial charge in [-0.25, -0.2) is 9.10 Å². The Bertz CT molecular complexity index is 1010. The molecule has 3 amide bonds. The van der Waals surface area contributed by atoms with Crippen LogP contribution in [0.2, 0.25) is 5.02 Å². The lowest BCUT2D eigenvalue weighted by Gasteiger charge is -2.20. The minimum Gasteiger partial charge on any atom is -0.495 e. The van der Waals surface area contributed by atoms with E-state index in [-0.39, 0.29) is 5.91 Å². The second-order valence-electron chi connectivity index (χ2n) is 5.96. The van der Waals surface area contributed by atoms with Crippen LogP contribution in [0.1, 0.15) is 10.4 Å². The summed E-state index contributed by atoms with van der Waals surface area (Å²) in [5, 5.41) is 6.06. The molecule has 0 saturated carbocycles. The van der Waals surface area contributed by atoms with Crippen LogP contribution in [0.15, 0.2) is 72.8 Å². The molecule has 0 radical (unpaired) electrons. The lowest BCUT2D eigenvalue weighted by Crippen LogP contribution is -2.27. The van der Waals surface area contributed by atoms with Crippen molar-refractivity contribution in [2.45, 2.75) is 0 Å². The minimum absolute atomic E-state index is 0.319. The van der Waals surface area contributed by atoms with Gasteiger partial charge in [-0.15, -0.1) is 0 Å². The van der Waals surface area contributed by atoms with Gasteiger partial charge in [-0.3, -0.25) is 4.79 Å². The highest BCUT2D eigenvalue weighted by atomic mass is 35.5. The molecule has 3 aromatic rings. The smallest absolute Gasteiger partial charge is 0.336 e. The van der Waals surface area contributed by atoms with Crippen molar-refractivity contribution in [3.05, 3.63) is 83.4 Å². The maximum absolute atomic E-state index is 12.6. The van der Waals surface area contributed by atoms with Crippen LogP contribution >= 0.6 is 24.4 Å². The van der Waals surface area contributed by atoms with Gasteiger partial charge >= 0.3 is 6.03 Å². The van der Waals surface area contributed by atoms with Crippen LogP contribution in [0.25, 0.3) is 0 Å². The van der Waals surface area contributed by atoms with E-state index in [0.29, 0.717) is 33.4 Å². The summed E-state index contributed by atoms with van der Waals surface area (Å²) in [6.07, 6.45) is 0. The number of para-hydroxylation sites is 1. The molecular weight excluding hydrogens is 410 g/mol. The lowest BCUT2D eigenvalue weighted by atomic mass is 10.1. The van der Waals surface area contributed by atoms with Crippen LogP contribution in [0.5, 0.6) is 5.75 Å². The highest BCUT2D eigenvalue weighted by Gasteiger charge is 2.19. The zero-order chi connectivity index (χ0) is 20.8. The second kappa shape index (κ2) is 9.36. The molecular formula is C21H18ClN3O3S. The summed E-state index contributed by atoms with van der Waals surface area (Å²) in [7, 11) is 1.47. The quantitative estimate of drug-likeness (QED) is 0.472. The molecule has 2 N–H and O–H groups in total. The van der Waals surface area contributed by atoms with Crippen LogP contribution in [-0.4, -0.2) is 19.0 Å². The number of amides is 3. The highest BCUT2D eigenvalue weighted by molar-refractivity contribution is 7.82. The molecule has 0 saturated heterocycles. The van der Waals surface area contributed by atoms with Gasteiger partial charge in [0.25, 0.3) is 5.91 Å². The Morgan fingerprint density at radius 2 is 1.59 bits per heavy atom. The number of nitrogens with zero attached hydrogens (tertiary/aromatic N) is 1. The predicted molar refractivity (Wildman–Crippen MR) is 119 cm³/mol. The molecule has 0 unspecified atom stereocenters. The Balaban J connectivity index is 1.81. The zero-order valence-corrected chi connectivity index (χ0v) is 17.1. The Morgan fingerprint density at radius 3 is 2.24 bits per heavy atom. The average molecular weight is 428 g/mol. The van der Waals surface area contributed by atoms with Crippen molar-refractivity contribution in [2.24, 2.45) is 0 Å². The topological polar surface area (TPSA) is 70.7 Å². The Hall–Kier alpha value is -3.16. The first kappa shape index (κ1) is 20.6. The van der Waals surface area contributed by atoms with Crippen LogP contribution in [0.4, 0.5) is 21.9 Å². The van der Waals surface area contributed by atoms with Crippen molar-refractivity contribution in [3.63, 3.8) is 0 Å². The fourth-order valence-electron chi connectivity index (χ4n) is 2.54. The lowest BCUT2D eigenvalue weighted by molar-refractivity contribution is 0.102. The first-order chi connectivity index (χ1) is 14.0. The molecule has 6 nitrogen and oxygen atoms in total. The van der Waals surface area contributed by atoms with Gasteiger partial charge in [-0.1, -0.05) is 42.6 Å². The summed E-state index contributed by atoms with van der Waals surface area (Å²) in [6.45, 7) is 0. The summed E-state index contributed by atoms with van der Waals surface area (Å²) < 4.78 is 6.39. The molecule has 29 heavy (non-hydrogen) atoms. The number of benzene rings is 3. The van der Waals surface area contributed by atoms with E-state index in [2.05, 4.69) is 23.4 Å². The van der Waals surface area contributed by atoms with Gasteiger partial charge in [0.05, 0.1) is 12.8 Å². The number of hydrogen-bond donors (Lipinski definition) is 3. The zero-order valence-electron chi connectivity index (χ0n) is 15.4. The van der Waals surface area contributed by atoms with Crippen molar-refractivity contribution >= 4 is 53.4 Å². The molecule has 8 heteroatoms. The summed E-state index contributed by atoms with van der Waals surface area (Å²) >= 11 is 10.1. The van der Waals surface area contributed by atoms with Crippen LogP contribution in [0.3, 0.4) is 0 Å².